The molecule has 19 heteroatoms. The number of likely N-dealkylation sites (tertiary alicyclic amines) is 2. The summed E-state index contributed by atoms with van der Waals surface area (Å²) in [6, 6.07) is 23.8. The summed E-state index contributed by atoms with van der Waals surface area (Å²) in [7, 11) is 0. The normalized spacial score (nSPS) is 23.6. The van der Waals surface area contributed by atoms with Gasteiger partial charge in [-0.15, -0.1) is 10.2 Å². The van der Waals surface area contributed by atoms with Gasteiger partial charge in [-0.05, 0) is 129 Å². The first-order chi connectivity index (χ1) is 36.4. The van der Waals surface area contributed by atoms with Crippen LogP contribution in [0.4, 0.5) is 21.8 Å². The van der Waals surface area contributed by atoms with Gasteiger partial charge in [0, 0.05) is 73.8 Å². The van der Waals surface area contributed by atoms with Crippen LogP contribution in [0.2, 0.25) is 0 Å². The summed E-state index contributed by atoms with van der Waals surface area (Å²) in [4.78, 5) is 51.9. The molecular weight excluding hydrogens is 958 g/mol. The maximum atomic E-state index is 14.3. The highest BCUT2D eigenvalue weighted by Crippen LogP contribution is 2.40. The van der Waals surface area contributed by atoms with E-state index in [0.29, 0.717) is 57.6 Å². The number of fused-ring (bicyclic) bond motifs is 2. The monoisotopic (exact) mass is 1020 g/mol. The van der Waals surface area contributed by atoms with Gasteiger partial charge in [-0.2, -0.15) is 5.48 Å². The Morgan fingerprint density at radius 3 is 2.20 bits per heavy atom. The molecule has 2 unspecified atom stereocenters. The molecule has 1 aliphatic carbocycles. The molecule has 5 atom stereocenters. The van der Waals surface area contributed by atoms with E-state index in [1.807, 2.05) is 44.4 Å². The highest BCUT2D eigenvalue weighted by atomic mass is 19.1. The molecule has 2 bridgehead atoms. The second-order valence-electron chi connectivity index (χ2n) is 21.1. The minimum atomic E-state index is -0.978. The Morgan fingerprint density at radius 2 is 1.51 bits per heavy atom. The number of aromatic hydroxyl groups is 1. The predicted molar refractivity (Wildman–Crippen MR) is 278 cm³/mol. The fourth-order valence-electron chi connectivity index (χ4n) is 12.1. The number of nitrogen functional groups attached to an aromatic ring is 1. The molecule has 18 nitrogen and oxygen atoms in total. The van der Waals surface area contributed by atoms with Crippen LogP contribution in [-0.2, 0) is 9.59 Å². The number of amides is 2. The number of halogens is 1. The van der Waals surface area contributed by atoms with Gasteiger partial charge in [0.05, 0.1) is 17.5 Å². The minimum Gasteiger partial charge on any atom is -0.507 e. The molecule has 7 heterocycles. The van der Waals surface area contributed by atoms with Gasteiger partial charge in [-0.1, -0.05) is 56.3 Å². The molecule has 5 aliphatic rings. The number of piperidine rings is 1. The zero-order valence-corrected chi connectivity index (χ0v) is 42.2. The van der Waals surface area contributed by atoms with Gasteiger partial charge in [-0.3, -0.25) is 9.59 Å². The number of para-hydroxylation sites is 1. The Bertz CT molecular complexity index is 2950. The van der Waals surface area contributed by atoms with Crippen LogP contribution in [0.15, 0.2) is 102 Å². The molecule has 6 aromatic rings. The summed E-state index contributed by atoms with van der Waals surface area (Å²) >= 11 is 0. The smallest absolute Gasteiger partial charge is 0.275 e. The van der Waals surface area contributed by atoms with Crippen LogP contribution >= 0.6 is 0 Å². The quantitative estimate of drug-likeness (QED) is 0.0789. The highest BCUT2D eigenvalue weighted by molar-refractivity contribution is 5.91. The van der Waals surface area contributed by atoms with Crippen molar-refractivity contribution in [2.75, 3.05) is 48.3 Å². The topological polar surface area (TPSA) is 222 Å². The third-order valence-corrected chi connectivity index (χ3v) is 16.1. The van der Waals surface area contributed by atoms with E-state index in [0.717, 1.165) is 89.2 Å². The molecule has 0 spiro atoms. The number of aliphatic hydroxyl groups is 1. The molecule has 392 valence electrons. The van der Waals surface area contributed by atoms with Crippen molar-refractivity contribution in [3.63, 3.8) is 0 Å². The first-order valence-electron chi connectivity index (χ1n) is 26.4. The number of anilines is 3. The lowest BCUT2D eigenvalue weighted by Crippen LogP contribution is -2.54. The van der Waals surface area contributed by atoms with Crippen LogP contribution < -0.4 is 30.6 Å². The molecule has 75 heavy (non-hydrogen) atoms. The van der Waals surface area contributed by atoms with Crippen molar-refractivity contribution >= 4 is 29.3 Å². The van der Waals surface area contributed by atoms with E-state index in [4.69, 9.17) is 29.8 Å². The molecule has 11 rings (SSSR count). The number of hydrogen-bond donors (Lipinski definition) is 4. The van der Waals surface area contributed by atoms with Gasteiger partial charge in [0.15, 0.2) is 17.3 Å². The van der Waals surface area contributed by atoms with Gasteiger partial charge >= 0.3 is 0 Å². The van der Waals surface area contributed by atoms with E-state index >= 15 is 0 Å². The zero-order valence-electron chi connectivity index (χ0n) is 42.2. The second kappa shape index (κ2) is 21.5. The molecule has 2 amide bonds. The van der Waals surface area contributed by atoms with Crippen LogP contribution in [0.25, 0.3) is 22.4 Å². The molecule has 4 aliphatic heterocycles. The van der Waals surface area contributed by atoms with Gasteiger partial charge in [0.1, 0.15) is 29.6 Å². The number of hydrogen-bond acceptors (Lipinski definition) is 16. The van der Waals surface area contributed by atoms with Crippen LogP contribution in [0.3, 0.4) is 0 Å². The Kier molecular flexibility index (Phi) is 14.3. The number of nitrogens with two attached hydrogens (primary N) is 1. The third kappa shape index (κ3) is 10.5. The largest absolute Gasteiger partial charge is 0.507 e. The average molecular weight is 1020 g/mol. The van der Waals surface area contributed by atoms with Crippen molar-refractivity contribution < 1.29 is 38.3 Å². The number of carbonyl (C=O) groups is 2. The van der Waals surface area contributed by atoms with E-state index in [1.54, 1.807) is 60.7 Å². The Morgan fingerprint density at radius 1 is 0.827 bits per heavy atom. The molecule has 5 N–H and O–H groups in total. The van der Waals surface area contributed by atoms with Crippen LogP contribution in [0.5, 0.6) is 17.4 Å². The molecule has 5 fully saturated rings. The number of carbonyl (C=O) groups excluding carboxylic acids is 2. The number of aromatic nitrogens is 5. The van der Waals surface area contributed by atoms with Crippen LogP contribution in [-0.4, -0.2) is 126 Å². The minimum absolute atomic E-state index is 0.0204. The van der Waals surface area contributed by atoms with Crippen molar-refractivity contribution in [1.82, 2.24) is 40.6 Å². The highest BCUT2D eigenvalue weighted by Gasteiger charge is 2.45. The van der Waals surface area contributed by atoms with E-state index in [1.165, 1.54) is 16.5 Å². The number of nitrogens with zero attached hydrogens (tertiary/aromatic N) is 9. The molecule has 0 radical (unpaired) electrons. The summed E-state index contributed by atoms with van der Waals surface area (Å²) in [5.74, 6) is 0.430. The Labute approximate surface area is 435 Å². The summed E-state index contributed by atoms with van der Waals surface area (Å²) in [6.45, 7) is 7.34. The number of ether oxygens (including phenoxy) is 1. The predicted octanol–water partition coefficient (Wildman–Crippen LogP) is 7.25. The number of piperazine rings is 1. The number of hydroxylamine groups is 1. The van der Waals surface area contributed by atoms with Crippen molar-refractivity contribution in [3.05, 3.63) is 114 Å². The number of phenolic OH excluding ortho intramolecular Hbond substituents is 1. The van der Waals surface area contributed by atoms with Crippen molar-refractivity contribution in [2.24, 2.45) is 5.92 Å². The van der Waals surface area contributed by atoms with Gasteiger partial charge in [-0.25, -0.2) is 14.4 Å². The van der Waals surface area contributed by atoms with Crippen molar-refractivity contribution in [3.8, 4) is 39.8 Å². The average Bonchev–Trinajstić information content (AvgIpc) is 4.13. The number of phenols is 1. The first-order valence-corrected chi connectivity index (χ1v) is 26.4. The summed E-state index contributed by atoms with van der Waals surface area (Å²) in [5, 5.41) is 33.9. The third-order valence-electron chi connectivity index (χ3n) is 16.1. The lowest BCUT2D eigenvalue weighted by atomic mass is 9.87. The number of benzene rings is 3. The molecule has 1 saturated carbocycles. The maximum absolute atomic E-state index is 14.3. The SMILES string of the molecule is CC(C)[C@@H](C(=O)N1C[C@H](O)C[C@H]1C(=O)NOc1ccc(-c2ccccc2F)cc1)c1cc(O[C@H]2CC[C@H](N3CCC(c4cnc(N5C6CCC5CN(c5cc(-c7ccccc7O)nnc5N)C6)nc4)CC3)CC2)no1. The second-order valence-corrected chi connectivity index (χ2v) is 21.1. The lowest BCUT2D eigenvalue weighted by Gasteiger charge is -2.42. The van der Waals surface area contributed by atoms with E-state index in [9.17, 15) is 24.2 Å². The molecular formula is C56H64FN11O7. The number of aliphatic hydroxyl groups excluding tert-OH is 1. The number of nitrogens with one attached hydrogen (secondary N) is 1. The van der Waals surface area contributed by atoms with Gasteiger partial charge in [0.2, 0.25) is 11.9 Å². The lowest BCUT2D eigenvalue weighted by molar-refractivity contribution is -0.143. The van der Waals surface area contributed by atoms with Crippen molar-refractivity contribution in [2.45, 2.75) is 120 Å². The van der Waals surface area contributed by atoms with Gasteiger partial charge in [0.25, 0.3) is 11.8 Å². The number of β-amino-alcohol motifs (C(OH)–C–C–N with tert-alkyl or cyclic N) is 1. The summed E-state index contributed by atoms with van der Waals surface area (Å²) in [6.07, 6.45) is 11.1. The van der Waals surface area contributed by atoms with E-state index < -0.39 is 24.0 Å². The molecule has 3 aromatic carbocycles. The van der Waals surface area contributed by atoms with E-state index in [-0.39, 0.29) is 54.5 Å². The van der Waals surface area contributed by atoms with Crippen LogP contribution in [0.1, 0.15) is 94.8 Å². The summed E-state index contributed by atoms with van der Waals surface area (Å²) in [5.41, 5.74) is 13.1. The number of rotatable bonds is 14. The first kappa shape index (κ1) is 49.8. The summed E-state index contributed by atoms with van der Waals surface area (Å²) < 4.78 is 26.4. The van der Waals surface area contributed by atoms with Crippen molar-refractivity contribution in [1.29, 1.82) is 0 Å². The standard InChI is InChI=1S/C56H64FN11O7/c1-33(2)52(55(72)67-32-40(69)25-48(67)54(71)64-74-42-17-11-35(12-18-42)43-7-3-5-9-45(43)57)50-27-51(63-75-50)73-41-19-15-37(16-20-41)65-23-21-34(22-24-65)36-28-59-56(60-29-36)68-38-13-14-39(68)31-66(30-38)47-26-46(61-62-53(47)58)44-8-4-6-10-49(44)70/h3-12,17-18,26-29,33-34,37-41,48,52,69-70H,13-16,19-25,30-32H2,1-2H3,(H2,58,62)(H,64,71)/t37-,38?,39?,40-,41-,48+,52-/m1/s1. The Hall–Kier alpha value is -7.38. The fourth-order valence-corrected chi connectivity index (χ4v) is 12.1. The Balaban J connectivity index is 0.635. The van der Waals surface area contributed by atoms with E-state index in [2.05, 4.69) is 35.5 Å². The maximum Gasteiger partial charge on any atom is 0.275 e. The van der Waals surface area contributed by atoms with Gasteiger partial charge < -0.3 is 49.6 Å². The zero-order chi connectivity index (χ0) is 51.7. The van der Waals surface area contributed by atoms with Crippen LogP contribution in [0, 0.1) is 11.7 Å². The fraction of sp³-hybridized carbons (Fsp3) is 0.446. The molecule has 3 aromatic heterocycles. The molecule has 4 saturated heterocycles.